The van der Waals surface area contributed by atoms with Crippen LogP contribution in [-0.2, 0) is 19.1 Å². The van der Waals surface area contributed by atoms with Gasteiger partial charge in [-0.2, -0.15) is 0 Å². The fourth-order valence-electron chi connectivity index (χ4n) is 3.39. The molecule has 0 aliphatic carbocycles. The van der Waals surface area contributed by atoms with Gasteiger partial charge in [-0.05, 0) is 33.6 Å². The molecule has 0 aromatic carbocycles. The van der Waals surface area contributed by atoms with E-state index in [-0.39, 0.29) is 0 Å². The Morgan fingerprint density at radius 3 is 2.05 bits per heavy atom. The maximum atomic E-state index is 12.3. The largest absolute Gasteiger partial charge is 0.481 e. The Labute approximate surface area is 123 Å². The Balaban J connectivity index is 2.28. The normalized spacial score (nSPS) is 31.1. The van der Waals surface area contributed by atoms with Gasteiger partial charge >= 0.3 is 18.0 Å². The van der Waals surface area contributed by atoms with Crippen molar-refractivity contribution in [2.24, 2.45) is 11.8 Å². The topological polar surface area (TPSA) is 93.1 Å². The van der Waals surface area contributed by atoms with Gasteiger partial charge in [0.25, 0.3) is 0 Å². The van der Waals surface area contributed by atoms with E-state index in [0.29, 0.717) is 12.8 Å². The third-order valence-electron chi connectivity index (χ3n) is 4.05. The molecule has 7 nitrogen and oxygen atoms in total. The van der Waals surface area contributed by atoms with E-state index in [1.165, 1.54) is 12.0 Å². The van der Waals surface area contributed by atoms with Crippen LogP contribution in [-0.4, -0.2) is 52.8 Å². The Morgan fingerprint density at radius 1 is 1.10 bits per heavy atom. The number of ether oxygens (including phenoxy) is 2. The number of aliphatic carboxylic acids is 1. The van der Waals surface area contributed by atoms with Crippen LogP contribution in [0.5, 0.6) is 0 Å². The first-order valence-electron chi connectivity index (χ1n) is 6.99. The molecule has 0 spiro atoms. The van der Waals surface area contributed by atoms with Crippen molar-refractivity contribution >= 4 is 18.0 Å². The molecule has 0 saturated carbocycles. The molecular weight excluding hydrogens is 278 g/mol. The van der Waals surface area contributed by atoms with Crippen LogP contribution in [0.1, 0.15) is 33.6 Å². The molecule has 0 aromatic heterocycles. The maximum absolute atomic E-state index is 12.3. The van der Waals surface area contributed by atoms with E-state index in [0.717, 1.165) is 0 Å². The lowest BCUT2D eigenvalue weighted by atomic mass is 9.79. The van der Waals surface area contributed by atoms with E-state index < -0.39 is 47.6 Å². The van der Waals surface area contributed by atoms with Crippen molar-refractivity contribution in [3.63, 3.8) is 0 Å². The molecule has 1 N–H and O–H groups in total. The molecule has 2 saturated heterocycles. The minimum atomic E-state index is -1.08. The monoisotopic (exact) mass is 299 g/mol. The van der Waals surface area contributed by atoms with Crippen molar-refractivity contribution in [2.45, 2.75) is 51.3 Å². The summed E-state index contributed by atoms with van der Waals surface area (Å²) in [6, 6.07) is -0.968. The van der Waals surface area contributed by atoms with Crippen LogP contribution in [0.4, 0.5) is 4.79 Å². The average Bonchev–Trinajstić information content (AvgIpc) is 2.90. The number of hydrogen-bond donors (Lipinski definition) is 1. The van der Waals surface area contributed by atoms with Gasteiger partial charge in [0.2, 0.25) is 0 Å². The molecule has 2 bridgehead atoms. The van der Waals surface area contributed by atoms with Gasteiger partial charge in [0.15, 0.2) is 0 Å². The van der Waals surface area contributed by atoms with E-state index in [1.807, 2.05) is 0 Å². The first-order valence-corrected chi connectivity index (χ1v) is 6.99. The third kappa shape index (κ3) is 2.69. The number of fused-ring (bicyclic) bond motifs is 2. The first-order chi connectivity index (χ1) is 9.67. The lowest BCUT2D eigenvalue weighted by Crippen LogP contribution is -2.41. The highest BCUT2D eigenvalue weighted by Gasteiger charge is 2.61. The number of hydrogen-bond acceptors (Lipinski definition) is 5. The number of rotatable bonds is 2. The molecule has 21 heavy (non-hydrogen) atoms. The summed E-state index contributed by atoms with van der Waals surface area (Å²) in [5.41, 5.74) is -0.668. The van der Waals surface area contributed by atoms with E-state index >= 15 is 0 Å². The van der Waals surface area contributed by atoms with Crippen molar-refractivity contribution < 1.29 is 29.0 Å². The van der Waals surface area contributed by atoms with Gasteiger partial charge in [0, 0.05) is 12.1 Å². The minimum absolute atomic E-state index is 0.460. The highest BCUT2D eigenvalue weighted by molar-refractivity contribution is 5.86. The minimum Gasteiger partial charge on any atom is -0.481 e. The molecule has 1 amide bonds. The second-order valence-corrected chi connectivity index (χ2v) is 6.51. The van der Waals surface area contributed by atoms with E-state index in [1.54, 1.807) is 20.8 Å². The number of carboxylic acid groups (broad SMARTS) is 1. The summed E-state index contributed by atoms with van der Waals surface area (Å²) in [7, 11) is 1.23. The number of nitrogens with zero attached hydrogens (tertiary/aromatic N) is 1. The zero-order valence-corrected chi connectivity index (χ0v) is 12.7. The number of esters is 1. The Hall–Kier alpha value is -1.79. The molecule has 2 heterocycles. The molecule has 0 unspecified atom stereocenters. The Kier molecular flexibility index (Phi) is 3.86. The first kappa shape index (κ1) is 15.6. The van der Waals surface area contributed by atoms with Crippen LogP contribution in [0, 0.1) is 11.8 Å². The summed E-state index contributed by atoms with van der Waals surface area (Å²) in [6.45, 7) is 5.24. The van der Waals surface area contributed by atoms with E-state index in [2.05, 4.69) is 0 Å². The van der Waals surface area contributed by atoms with Crippen LogP contribution in [0.25, 0.3) is 0 Å². The summed E-state index contributed by atoms with van der Waals surface area (Å²) in [5, 5.41) is 9.40. The predicted molar refractivity (Wildman–Crippen MR) is 71.5 cm³/mol. The van der Waals surface area contributed by atoms with Crippen LogP contribution in [0.3, 0.4) is 0 Å². The smallest absolute Gasteiger partial charge is 0.410 e. The standard InChI is InChI=1S/C14H21NO6/c1-14(2,3)21-13(19)15-7-5-6-8(15)10(12(18)20-4)9(7)11(16)17/h7-10H,5-6H2,1-4H3,(H,16,17)/t7-,8-,9-,10+/m0/s1. The van der Waals surface area contributed by atoms with Crippen LogP contribution >= 0.6 is 0 Å². The van der Waals surface area contributed by atoms with Gasteiger partial charge in [-0.25, -0.2) is 4.79 Å². The molecule has 0 aromatic rings. The summed E-state index contributed by atoms with van der Waals surface area (Å²) in [4.78, 5) is 37.1. The number of carbonyl (C=O) groups excluding carboxylic acids is 2. The summed E-state index contributed by atoms with van der Waals surface area (Å²) < 4.78 is 10.0. The zero-order valence-electron chi connectivity index (χ0n) is 12.7. The SMILES string of the molecule is COC(=O)[C@H]1[C@@H](C(=O)O)[C@@H]2CC[C@@H]1N2C(=O)OC(C)(C)C. The van der Waals surface area contributed by atoms with Crippen LogP contribution in [0.2, 0.25) is 0 Å². The third-order valence-corrected chi connectivity index (χ3v) is 4.05. The van der Waals surface area contributed by atoms with Gasteiger partial charge in [-0.15, -0.1) is 0 Å². The summed E-state index contributed by atoms with van der Waals surface area (Å²) >= 11 is 0. The molecule has 2 rings (SSSR count). The molecule has 2 aliphatic rings. The lowest BCUT2D eigenvalue weighted by Gasteiger charge is -2.27. The van der Waals surface area contributed by atoms with Crippen molar-refractivity contribution in [3.8, 4) is 0 Å². The molecule has 2 aliphatic heterocycles. The molecular formula is C14H21NO6. The summed E-state index contributed by atoms with van der Waals surface area (Å²) in [6.07, 6.45) is 0.592. The molecule has 4 atom stereocenters. The van der Waals surface area contributed by atoms with E-state index in [4.69, 9.17) is 9.47 Å². The van der Waals surface area contributed by atoms with Gasteiger partial charge < -0.3 is 19.5 Å². The van der Waals surface area contributed by atoms with Gasteiger partial charge in [-0.3, -0.25) is 9.59 Å². The number of carboxylic acids is 1. The van der Waals surface area contributed by atoms with Gasteiger partial charge in [0.1, 0.15) is 5.60 Å². The van der Waals surface area contributed by atoms with Crippen LogP contribution in [0.15, 0.2) is 0 Å². The molecule has 0 radical (unpaired) electrons. The van der Waals surface area contributed by atoms with Gasteiger partial charge in [0.05, 0.1) is 18.9 Å². The van der Waals surface area contributed by atoms with Gasteiger partial charge in [-0.1, -0.05) is 0 Å². The number of amides is 1. The zero-order chi connectivity index (χ0) is 15.9. The summed E-state index contributed by atoms with van der Waals surface area (Å²) in [5.74, 6) is -3.41. The maximum Gasteiger partial charge on any atom is 0.410 e. The Bertz CT molecular complexity index is 469. The highest BCUT2D eigenvalue weighted by atomic mass is 16.6. The highest BCUT2D eigenvalue weighted by Crippen LogP contribution is 2.47. The number of carbonyl (C=O) groups is 3. The molecule has 7 heteroatoms. The fourth-order valence-corrected chi connectivity index (χ4v) is 3.39. The average molecular weight is 299 g/mol. The van der Waals surface area contributed by atoms with Crippen molar-refractivity contribution in [1.29, 1.82) is 0 Å². The fraction of sp³-hybridized carbons (Fsp3) is 0.786. The van der Waals surface area contributed by atoms with Crippen LogP contribution < -0.4 is 0 Å². The molecule has 2 fully saturated rings. The Morgan fingerprint density at radius 2 is 1.62 bits per heavy atom. The second kappa shape index (κ2) is 5.20. The van der Waals surface area contributed by atoms with E-state index in [9.17, 15) is 19.5 Å². The predicted octanol–water partition coefficient (Wildman–Crippen LogP) is 1.26. The van der Waals surface area contributed by atoms with Crippen molar-refractivity contribution in [3.05, 3.63) is 0 Å². The lowest BCUT2D eigenvalue weighted by molar-refractivity contribution is -0.156. The van der Waals surface area contributed by atoms with Crippen molar-refractivity contribution in [2.75, 3.05) is 7.11 Å². The number of methoxy groups -OCH3 is 1. The van der Waals surface area contributed by atoms with Crippen molar-refractivity contribution in [1.82, 2.24) is 4.90 Å². The second-order valence-electron chi connectivity index (χ2n) is 6.51. The molecule has 118 valence electrons. The quantitative estimate of drug-likeness (QED) is 0.772.